The number of hydrogen-bond acceptors (Lipinski definition) is 7. The van der Waals surface area contributed by atoms with Gasteiger partial charge in [-0.2, -0.15) is 0 Å². The number of ether oxygens (including phenoxy) is 3. The third kappa shape index (κ3) is 3.07. The predicted octanol–water partition coefficient (Wildman–Crippen LogP) is 0.0339. The van der Waals surface area contributed by atoms with Crippen LogP contribution in [0.15, 0.2) is 12.2 Å². The summed E-state index contributed by atoms with van der Waals surface area (Å²) in [6, 6.07) is -0.426. The van der Waals surface area contributed by atoms with Crippen molar-refractivity contribution < 1.29 is 28.6 Å². The van der Waals surface area contributed by atoms with E-state index >= 15 is 0 Å². The van der Waals surface area contributed by atoms with Crippen LogP contribution in [-0.2, 0) is 28.6 Å². The van der Waals surface area contributed by atoms with E-state index in [-0.39, 0.29) is 12.1 Å². The molecule has 2 heterocycles. The molecular weight excluding hydrogens is 278 g/mol. The number of rotatable bonds is 3. The van der Waals surface area contributed by atoms with Gasteiger partial charge in [0.15, 0.2) is 18.3 Å². The molecule has 116 valence electrons. The largest absolute Gasteiger partial charge is 0.456 e. The molecule has 2 aliphatic rings. The Labute approximate surface area is 122 Å². The van der Waals surface area contributed by atoms with Crippen molar-refractivity contribution in [2.45, 2.75) is 51.2 Å². The van der Waals surface area contributed by atoms with Crippen LogP contribution in [0.25, 0.3) is 0 Å². The van der Waals surface area contributed by atoms with Gasteiger partial charge in [-0.25, -0.2) is 0 Å². The van der Waals surface area contributed by atoms with Crippen LogP contribution in [0.4, 0.5) is 0 Å². The molecule has 21 heavy (non-hydrogen) atoms. The Morgan fingerprint density at radius 3 is 1.43 bits per heavy atom. The van der Waals surface area contributed by atoms with Crippen LogP contribution in [-0.4, -0.2) is 60.3 Å². The summed E-state index contributed by atoms with van der Waals surface area (Å²) in [4.78, 5) is 36.0. The maximum absolute atomic E-state index is 11.4. The van der Waals surface area contributed by atoms with Crippen molar-refractivity contribution >= 4 is 17.9 Å². The fourth-order valence-corrected chi connectivity index (χ4v) is 2.94. The van der Waals surface area contributed by atoms with E-state index in [4.69, 9.17) is 14.2 Å². The number of hydrogen-bond donors (Lipinski definition) is 0. The number of carbonyl (C=O) groups is 3. The van der Waals surface area contributed by atoms with E-state index in [0.29, 0.717) is 0 Å². The summed E-state index contributed by atoms with van der Waals surface area (Å²) in [5.74, 6) is -1.48. The molecule has 1 unspecified atom stereocenters. The van der Waals surface area contributed by atoms with E-state index in [1.54, 1.807) is 0 Å². The van der Waals surface area contributed by atoms with E-state index in [9.17, 15) is 14.4 Å². The highest BCUT2D eigenvalue weighted by Gasteiger charge is 2.54. The van der Waals surface area contributed by atoms with Gasteiger partial charge in [0.05, 0.1) is 12.1 Å². The SMILES string of the molecule is CC(=O)OC1[C@@H](OC(C)=O)[C@H]2C=C[C@@H]([C@H]1OC(C)=O)N2C. The van der Waals surface area contributed by atoms with Crippen molar-refractivity contribution in [1.29, 1.82) is 0 Å². The lowest BCUT2D eigenvalue weighted by Gasteiger charge is -2.45. The first-order valence-electron chi connectivity index (χ1n) is 6.73. The van der Waals surface area contributed by atoms with Crippen molar-refractivity contribution in [2.75, 3.05) is 7.05 Å². The van der Waals surface area contributed by atoms with E-state index < -0.39 is 36.2 Å². The summed E-state index contributed by atoms with van der Waals surface area (Å²) in [6.45, 7) is 3.84. The maximum Gasteiger partial charge on any atom is 0.303 e. The Morgan fingerprint density at radius 2 is 1.10 bits per heavy atom. The fourth-order valence-electron chi connectivity index (χ4n) is 2.94. The minimum atomic E-state index is -0.823. The van der Waals surface area contributed by atoms with E-state index in [1.807, 2.05) is 24.1 Å². The first kappa shape index (κ1) is 15.5. The lowest BCUT2D eigenvalue weighted by atomic mass is 9.93. The molecule has 2 rings (SSSR count). The number of likely N-dealkylation sites (N-methyl/N-ethyl adjacent to an activating group) is 1. The topological polar surface area (TPSA) is 82.1 Å². The van der Waals surface area contributed by atoms with E-state index in [1.165, 1.54) is 20.8 Å². The summed E-state index contributed by atoms with van der Waals surface area (Å²) in [7, 11) is 1.84. The average molecular weight is 297 g/mol. The summed E-state index contributed by atoms with van der Waals surface area (Å²) in [6.07, 6.45) is 1.50. The van der Waals surface area contributed by atoms with Gasteiger partial charge in [0, 0.05) is 20.8 Å². The molecule has 1 saturated heterocycles. The Morgan fingerprint density at radius 1 is 0.762 bits per heavy atom. The van der Waals surface area contributed by atoms with Gasteiger partial charge >= 0.3 is 17.9 Å². The predicted molar refractivity (Wildman–Crippen MR) is 71.1 cm³/mol. The minimum Gasteiger partial charge on any atom is -0.456 e. The van der Waals surface area contributed by atoms with Crippen LogP contribution in [0, 0.1) is 0 Å². The third-order valence-electron chi connectivity index (χ3n) is 3.67. The fraction of sp³-hybridized carbons (Fsp3) is 0.643. The van der Waals surface area contributed by atoms with Crippen LogP contribution in [0.3, 0.4) is 0 Å². The van der Waals surface area contributed by atoms with E-state index in [2.05, 4.69) is 0 Å². The number of nitrogens with zero attached hydrogens (tertiary/aromatic N) is 1. The van der Waals surface area contributed by atoms with Crippen LogP contribution in [0.1, 0.15) is 20.8 Å². The van der Waals surface area contributed by atoms with Crippen molar-refractivity contribution in [1.82, 2.24) is 4.90 Å². The van der Waals surface area contributed by atoms with Gasteiger partial charge in [-0.3, -0.25) is 19.3 Å². The summed E-state index contributed by atoms with van der Waals surface area (Å²) < 4.78 is 15.9. The van der Waals surface area contributed by atoms with Gasteiger partial charge in [0.2, 0.25) is 0 Å². The second kappa shape index (κ2) is 5.85. The molecule has 0 amide bonds. The highest BCUT2D eigenvalue weighted by atomic mass is 16.6. The molecule has 2 aliphatic heterocycles. The zero-order valence-electron chi connectivity index (χ0n) is 12.4. The normalized spacial score (nSPS) is 34.4. The molecule has 0 aromatic rings. The molecule has 1 fully saturated rings. The average Bonchev–Trinajstić information content (AvgIpc) is 2.64. The van der Waals surface area contributed by atoms with Crippen LogP contribution < -0.4 is 0 Å². The molecule has 0 saturated carbocycles. The lowest BCUT2D eigenvalue weighted by molar-refractivity contribution is -0.202. The molecule has 5 atom stereocenters. The van der Waals surface area contributed by atoms with Crippen molar-refractivity contribution in [3.63, 3.8) is 0 Å². The molecule has 0 aromatic heterocycles. The van der Waals surface area contributed by atoms with Gasteiger partial charge in [0.25, 0.3) is 0 Å². The Kier molecular flexibility index (Phi) is 4.32. The summed E-state index contributed by atoms with van der Waals surface area (Å²) in [5.41, 5.74) is 0. The molecule has 0 spiro atoms. The number of piperidine rings is 1. The Balaban J connectivity index is 2.34. The summed E-state index contributed by atoms with van der Waals surface area (Å²) in [5, 5.41) is 0. The number of fused-ring (bicyclic) bond motifs is 2. The monoisotopic (exact) mass is 297 g/mol. The zero-order valence-corrected chi connectivity index (χ0v) is 12.4. The van der Waals surface area contributed by atoms with Crippen LogP contribution >= 0.6 is 0 Å². The lowest BCUT2D eigenvalue weighted by Crippen LogP contribution is -2.64. The van der Waals surface area contributed by atoms with E-state index in [0.717, 1.165) is 0 Å². The maximum atomic E-state index is 11.4. The highest BCUT2D eigenvalue weighted by Crippen LogP contribution is 2.35. The standard InChI is InChI=1S/C14H19NO6/c1-7(16)19-12-10-5-6-11(15(10)4)13(20-8(2)17)14(12)21-9(3)18/h5-6,10-14H,1-4H3/t10-,11+,12+,13-,14?. The first-order valence-corrected chi connectivity index (χ1v) is 6.73. The van der Waals surface area contributed by atoms with Crippen molar-refractivity contribution in [3.05, 3.63) is 12.2 Å². The summed E-state index contributed by atoms with van der Waals surface area (Å²) >= 11 is 0. The van der Waals surface area contributed by atoms with Crippen molar-refractivity contribution in [2.24, 2.45) is 0 Å². The van der Waals surface area contributed by atoms with Crippen molar-refractivity contribution in [3.8, 4) is 0 Å². The highest BCUT2D eigenvalue weighted by molar-refractivity contribution is 5.68. The molecule has 0 N–H and O–H groups in total. The third-order valence-corrected chi connectivity index (χ3v) is 3.67. The smallest absolute Gasteiger partial charge is 0.303 e. The number of carbonyl (C=O) groups excluding carboxylic acids is 3. The van der Waals surface area contributed by atoms with Gasteiger partial charge < -0.3 is 14.2 Å². The molecule has 7 nitrogen and oxygen atoms in total. The Hall–Kier alpha value is -1.89. The second-order valence-corrected chi connectivity index (χ2v) is 5.25. The van der Waals surface area contributed by atoms with Gasteiger partial charge in [-0.1, -0.05) is 12.2 Å². The minimum absolute atomic E-state index is 0.213. The molecule has 2 bridgehead atoms. The zero-order chi connectivity index (χ0) is 15.7. The Bertz CT molecular complexity index is 454. The molecule has 0 aromatic carbocycles. The molecular formula is C14H19NO6. The van der Waals surface area contributed by atoms with Gasteiger partial charge in [-0.15, -0.1) is 0 Å². The van der Waals surface area contributed by atoms with Crippen LogP contribution in [0.5, 0.6) is 0 Å². The molecule has 0 aliphatic carbocycles. The van der Waals surface area contributed by atoms with Crippen LogP contribution in [0.2, 0.25) is 0 Å². The number of esters is 3. The molecule has 7 heteroatoms. The first-order chi connectivity index (χ1) is 9.81. The van der Waals surface area contributed by atoms with Gasteiger partial charge in [0.1, 0.15) is 0 Å². The van der Waals surface area contributed by atoms with Gasteiger partial charge in [-0.05, 0) is 7.05 Å². The molecule has 0 radical (unpaired) electrons. The second-order valence-electron chi connectivity index (χ2n) is 5.25. The quantitative estimate of drug-likeness (QED) is 0.413.